The topological polar surface area (TPSA) is 49.8 Å². The van der Waals surface area contributed by atoms with E-state index in [0.29, 0.717) is 0 Å². The lowest BCUT2D eigenvalue weighted by Gasteiger charge is -2.11. The van der Waals surface area contributed by atoms with E-state index in [9.17, 15) is 26.3 Å². The summed E-state index contributed by atoms with van der Waals surface area (Å²) in [4.78, 5) is 7.99. The summed E-state index contributed by atoms with van der Waals surface area (Å²) in [5.41, 5.74) is -1.29. The molecule has 0 aliphatic rings. The third-order valence-electron chi connectivity index (χ3n) is 3.58. The van der Waals surface area contributed by atoms with Crippen molar-refractivity contribution in [2.45, 2.75) is 12.4 Å². The van der Waals surface area contributed by atoms with Gasteiger partial charge in [0, 0.05) is 11.4 Å². The van der Waals surface area contributed by atoms with Gasteiger partial charge >= 0.3 is 12.4 Å². The Morgan fingerprint density at radius 2 is 1.00 bits per heavy atom. The molecule has 0 bridgehead atoms. The minimum Gasteiger partial charge on any atom is -0.339 e. The summed E-state index contributed by atoms with van der Waals surface area (Å²) >= 11 is 0. The molecule has 146 valence electrons. The number of halogens is 6. The molecule has 2 aromatic carbocycles. The number of hydrogen-bond acceptors (Lipinski definition) is 4. The Morgan fingerprint density at radius 1 is 0.607 bits per heavy atom. The van der Waals surface area contributed by atoms with Crippen molar-refractivity contribution in [3.63, 3.8) is 0 Å². The number of aromatic nitrogens is 2. The van der Waals surface area contributed by atoms with E-state index in [2.05, 4.69) is 20.6 Å². The number of hydrogen-bond donors (Lipinski definition) is 2. The van der Waals surface area contributed by atoms with Crippen molar-refractivity contribution in [3.8, 4) is 0 Å². The zero-order valence-corrected chi connectivity index (χ0v) is 13.9. The number of nitrogens with zero attached hydrogens (tertiary/aromatic N) is 2. The molecular formula is C18H12F6N4. The van der Waals surface area contributed by atoms with Crippen LogP contribution in [0.25, 0.3) is 0 Å². The van der Waals surface area contributed by atoms with Gasteiger partial charge < -0.3 is 10.6 Å². The van der Waals surface area contributed by atoms with Gasteiger partial charge in [-0.1, -0.05) is 12.1 Å². The highest BCUT2D eigenvalue weighted by Crippen LogP contribution is 2.32. The van der Waals surface area contributed by atoms with E-state index in [-0.39, 0.29) is 23.0 Å². The SMILES string of the molecule is FC(F)(F)c1cccc(Nc2cnc(Nc3cccc(C(F)(F)F)c3)cn2)c1. The van der Waals surface area contributed by atoms with E-state index in [1.54, 1.807) is 0 Å². The van der Waals surface area contributed by atoms with Gasteiger partial charge in [-0.05, 0) is 36.4 Å². The number of benzene rings is 2. The van der Waals surface area contributed by atoms with Gasteiger partial charge in [0.2, 0.25) is 0 Å². The summed E-state index contributed by atoms with van der Waals surface area (Å²) in [7, 11) is 0. The first-order valence-electron chi connectivity index (χ1n) is 7.82. The van der Waals surface area contributed by atoms with E-state index < -0.39 is 23.5 Å². The highest BCUT2D eigenvalue weighted by Gasteiger charge is 2.31. The molecule has 2 N–H and O–H groups in total. The molecular weight excluding hydrogens is 386 g/mol. The van der Waals surface area contributed by atoms with Crippen LogP contribution >= 0.6 is 0 Å². The van der Waals surface area contributed by atoms with Crippen molar-refractivity contribution in [1.29, 1.82) is 0 Å². The Kier molecular flexibility index (Phi) is 5.12. The molecule has 1 aromatic heterocycles. The van der Waals surface area contributed by atoms with Gasteiger partial charge in [0.15, 0.2) is 0 Å². The van der Waals surface area contributed by atoms with Crippen LogP contribution in [0.2, 0.25) is 0 Å². The molecule has 0 spiro atoms. The maximum atomic E-state index is 12.7. The van der Waals surface area contributed by atoms with E-state index >= 15 is 0 Å². The second-order valence-corrected chi connectivity index (χ2v) is 5.69. The average Bonchev–Trinajstić information content (AvgIpc) is 2.62. The summed E-state index contributed by atoms with van der Waals surface area (Å²) < 4.78 is 76.4. The van der Waals surface area contributed by atoms with Crippen LogP contribution < -0.4 is 10.6 Å². The summed E-state index contributed by atoms with van der Waals surface area (Å²) in [5, 5.41) is 5.37. The fourth-order valence-electron chi connectivity index (χ4n) is 2.30. The predicted octanol–water partition coefficient (Wildman–Crippen LogP) is 6.00. The first kappa shape index (κ1) is 19.5. The van der Waals surface area contributed by atoms with Crippen LogP contribution in [0.5, 0.6) is 0 Å². The standard InChI is InChI=1S/C18H12F6N4/c19-17(20,21)11-3-1-5-13(7-11)27-15-9-26-16(10-25-15)28-14-6-2-4-12(8-14)18(22,23)24/h1-10H,(H,25,27)(H,26,28). The van der Waals surface area contributed by atoms with E-state index in [1.807, 2.05) is 0 Å². The van der Waals surface area contributed by atoms with Gasteiger partial charge in [-0.3, -0.25) is 0 Å². The molecule has 3 rings (SSSR count). The highest BCUT2D eigenvalue weighted by molar-refractivity contribution is 5.60. The first-order chi connectivity index (χ1) is 13.1. The number of rotatable bonds is 4. The number of anilines is 4. The van der Waals surface area contributed by atoms with E-state index in [1.165, 1.54) is 36.7 Å². The number of alkyl halides is 6. The number of nitrogens with one attached hydrogen (secondary N) is 2. The van der Waals surface area contributed by atoms with Crippen molar-refractivity contribution < 1.29 is 26.3 Å². The summed E-state index contributed by atoms with van der Waals surface area (Å²) in [5.74, 6) is 0.350. The largest absolute Gasteiger partial charge is 0.416 e. The maximum absolute atomic E-state index is 12.7. The zero-order chi connectivity index (χ0) is 20.4. The molecule has 0 radical (unpaired) electrons. The molecule has 10 heteroatoms. The molecule has 1 heterocycles. The minimum absolute atomic E-state index is 0.169. The van der Waals surface area contributed by atoms with Crippen LogP contribution in [0.4, 0.5) is 49.4 Å². The molecule has 0 fully saturated rings. The van der Waals surface area contributed by atoms with E-state index in [4.69, 9.17) is 0 Å². The molecule has 0 aliphatic heterocycles. The highest BCUT2D eigenvalue weighted by atomic mass is 19.4. The van der Waals surface area contributed by atoms with Gasteiger partial charge in [0.05, 0.1) is 23.5 Å². The van der Waals surface area contributed by atoms with Gasteiger partial charge in [-0.2, -0.15) is 26.3 Å². The quantitative estimate of drug-likeness (QED) is 0.529. The third-order valence-corrected chi connectivity index (χ3v) is 3.58. The molecule has 3 aromatic rings. The van der Waals surface area contributed by atoms with Crippen LogP contribution in [-0.2, 0) is 12.4 Å². The lowest BCUT2D eigenvalue weighted by Crippen LogP contribution is -2.06. The molecule has 0 saturated heterocycles. The average molecular weight is 398 g/mol. The smallest absolute Gasteiger partial charge is 0.339 e. The van der Waals surface area contributed by atoms with Crippen molar-refractivity contribution >= 4 is 23.0 Å². The van der Waals surface area contributed by atoms with Crippen LogP contribution in [0, 0.1) is 0 Å². The Bertz CT molecular complexity index is 873. The molecule has 0 aliphatic carbocycles. The zero-order valence-electron chi connectivity index (χ0n) is 13.9. The summed E-state index contributed by atoms with van der Waals surface area (Å²) in [6, 6.07) is 9.12. The Labute approximate surface area is 155 Å². The van der Waals surface area contributed by atoms with Crippen LogP contribution in [0.3, 0.4) is 0 Å². The Morgan fingerprint density at radius 3 is 1.32 bits per heavy atom. The molecule has 0 atom stereocenters. The van der Waals surface area contributed by atoms with Gasteiger partial charge in [-0.15, -0.1) is 0 Å². The third kappa shape index (κ3) is 4.90. The van der Waals surface area contributed by atoms with Crippen LogP contribution in [-0.4, -0.2) is 9.97 Å². The van der Waals surface area contributed by atoms with Crippen molar-refractivity contribution in [2.24, 2.45) is 0 Å². The van der Waals surface area contributed by atoms with Crippen LogP contribution in [0.1, 0.15) is 11.1 Å². The van der Waals surface area contributed by atoms with Gasteiger partial charge in [0.1, 0.15) is 11.6 Å². The molecule has 4 nitrogen and oxygen atoms in total. The minimum atomic E-state index is -4.47. The Hall–Kier alpha value is -3.30. The predicted molar refractivity (Wildman–Crippen MR) is 91.5 cm³/mol. The maximum Gasteiger partial charge on any atom is 0.416 e. The second-order valence-electron chi connectivity index (χ2n) is 5.69. The van der Waals surface area contributed by atoms with Crippen molar-refractivity contribution in [2.75, 3.05) is 10.6 Å². The van der Waals surface area contributed by atoms with Crippen LogP contribution in [0.15, 0.2) is 60.9 Å². The lowest BCUT2D eigenvalue weighted by atomic mass is 10.2. The van der Waals surface area contributed by atoms with Gasteiger partial charge in [0.25, 0.3) is 0 Å². The summed E-state index contributed by atoms with van der Waals surface area (Å²) in [6.45, 7) is 0. The first-order valence-corrected chi connectivity index (χ1v) is 7.82. The van der Waals surface area contributed by atoms with Crippen molar-refractivity contribution in [3.05, 3.63) is 72.1 Å². The molecule has 0 unspecified atom stereocenters. The summed E-state index contributed by atoms with van der Waals surface area (Å²) in [6.07, 6.45) is -6.45. The monoisotopic (exact) mass is 398 g/mol. The molecule has 0 saturated carbocycles. The normalized spacial score (nSPS) is 11.9. The Balaban J connectivity index is 1.71. The van der Waals surface area contributed by atoms with Crippen molar-refractivity contribution in [1.82, 2.24) is 9.97 Å². The fraction of sp³-hybridized carbons (Fsp3) is 0.111. The second kappa shape index (κ2) is 7.37. The van der Waals surface area contributed by atoms with E-state index in [0.717, 1.165) is 24.3 Å². The fourth-order valence-corrected chi connectivity index (χ4v) is 2.30. The van der Waals surface area contributed by atoms with Gasteiger partial charge in [-0.25, -0.2) is 9.97 Å². The lowest BCUT2D eigenvalue weighted by molar-refractivity contribution is -0.138. The molecule has 0 amide bonds. The molecule has 28 heavy (non-hydrogen) atoms.